The Labute approximate surface area is 223 Å². The Balaban J connectivity index is 1.67. The van der Waals surface area contributed by atoms with Crippen LogP contribution in [-0.4, -0.2) is 31.7 Å². The summed E-state index contributed by atoms with van der Waals surface area (Å²) in [6.07, 6.45) is 0.526. The van der Waals surface area contributed by atoms with Crippen molar-refractivity contribution in [3.05, 3.63) is 80.8 Å². The Morgan fingerprint density at radius 2 is 1.75 bits per heavy atom. The number of aryl methyl sites for hydroxylation is 1. The number of H-pyrrole nitrogens is 1. The maximum atomic E-state index is 12.9. The van der Waals surface area contributed by atoms with Gasteiger partial charge in [0.05, 0.1) is 16.8 Å². The lowest BCUT2D eigenvalue weighted by molar-refractivity contribution is 0.0570. The standard InChI is InChI=1S/C26H22Cl3N5O2/c1-13-30-23(34-33-13)24(35)31-21-12-26(2,3)36-25-19(21)11-18(14-4-6-15(27)7-5-14)22(32-25)17-9-8-16(28)10-20(17)29/h4-11,21H,12H2,1-3H3,(H,31,35)(H,30,33,34). The van der Waals surface area contributed by atoms with Crippen LogP contribution in [0.4, 0.5) is 0 Å². The van der Waals surface area contributed by atoms with E-state index in [0.29, 0.717) is 44.5 Å². The lowest BCUT2D eigenvalue weighted by Gasteiger charge is -2.37. The molecule has 0 bridgehead atoms. The number of ether oxygens (including phenoxy) is 1. The second kappa shape index (κ2) is 9.39. The molecule has 4 aromatic rings. The van der Waals surface area contributed by atoms with E-state index in [9.17, 15) is 4.79 Å². The fourth-order valence-electron chi connectivity index (χ4n) is 4.28. The van der Waals surface area contributed by atoms with Crippen molar-refractivity contribution in [2.75, 3.05) is 0 Å². The van der Waals surface area contributed by atoms with Crippen molar-refractivity contribution in [3.8, 4) is 28.3 Å². The largest absolute Gasteiger partial charge is 0.471 e. The van der Waals surface area contributed by atoms with Gasteiger partial charge in [0, 0.05) is 33.2 Å². The SMILES string of the molecule is Cc1nc(C(=O)NC2CC(C)(C)Oc3nc(-c4ccc(Cl)cc4Cl)c(-c4ccc(Cl)cc4)cc32)n[nH]1. The molecule has 1 amide bonds. The minimum atomic E-state index is -0.588. The number of halogens is 3. The van der Waals surface area contributed by atoms with Crippen molar-refractivity contribution in [3.63, 3.8) is 0 Å². The zero-order valence-corrected chi connectivity index (χ0v) is 22.0. The van der Waals surface area contributed by atoms with Crippen LogP contribution in [0.25, 0.3) is 22.4 Å². The summed E-state index contributed by atoms with van der Waals surface area (Å²) in [5.74, 6) is 0.671. The lowest BCUT2D eigenvalue weighted by Crippen LogP contribution is -2.42. The predicted octanol–water partition coefficient (Wildman–Crippen LogP) is 6.83. The molecular weight excluding hydrogens is 521 g/mol. The number of carbonyl (C=O) groups excluding carboxylic acids is 1. The average molecular weight is 543 g/mol. The Bertz CT molecular complexity index is 1470. The van der Waals surface area contributed by atoms with Gasteiger partial charge in [-0.05, 0) is 62.7 Å². The molecule has 184 valence electrons. The molecule has 5 rings (SSSR count). The van der Waals surface area contributed by atoms with Gasteiger partial charge < -0.3 is 10.1 Å². The maximum absolute atomic E-state index is 12.9. The topological polar surface area (TPSA) is 92.8 Å². The monoisotopic (exact) mass is 541 g/mol. The number of fused-ring (bicyclic) bond motifs is 1. The molecule has 0 aliphatic carbocycles. The number of aromatic amines is 1. The van der Waals surface area contributed by atoms with E-state index in [1.807, 2.05) is 50.2 Å². The summed E-state index contributed by atoms with van der Waals surface area (Å²) >= 11 is 18.9. The van der Waals surface area contributed by atoms with E-state index in [0.717, 1.165) is 16.7 Å². The number of aromatic nitrogens is 4. The fraction of sp³-hybridized carbons (Fsp3) is 0.231. The van der Waals surface area contributed by atoms with E-state index in [-0.39, 0.29) is 17.8 Å². The highest BCUT2D eigenvalue weighted by Gasteiger charge is 2.37. The summed E-state index contributed by atoms with van der Waals surface area (Å²) in [6, 6.07) is 14.3. The summed E-state index contributed by atoms with van der Waals surface area (Å²) < 4.78 is 6.29. The minimum Gasteiger partial charge on any atom is -0.471 e. The molecule has 7 nitrogen and oxygen atoms in total. The van der Waals surface area contributed by atoms with Crippen LogP contribution in [0.1, 0.15) is 48.3 Å². The van der Waals surface area contributed by atoms with Crippen molar-refractivity contribution in [2.24, 2.45) is 0 Å². The Hall–Kier alpha value is -3.13. The van der Waals surface area contributed by atoms with Gasteiger partial charge in [0.2, 0.25) is 11.7 Å². The van der Waals surface area contributed by atoms with Crippen LogP contribution in [0.3, 0.4) is 0 Å². The molecule has 2 N–H and O–H groups in total. The molecule has 36 heavy (non-hydrogen) atoms. The number of nitrogens with zero attached hydrogens (tertiary/aromatic N) is 3. The summed E-state index contributed by atoms with van der Waals surface area (Å²) in [6.45, 7) is 5.65. The van der Waals surface area contributed by atoms with Gasteiger partial charge in [-0.2, -0.15) is 0 Å². The Kier molecular flexibility index (Phi) is 6.41. The van der Waals surface area contributed by atoms with Crippen LogP contribution in [0.2, 0.25) is 15.1 Å². The number of hydrogen-bond donors (Lipinski definition) is 2. The number of rotatable bonds is 4. The molecule has 0 saturated carbocycles. The molecule has 3 heterocycles. The summed E-state index contributed by atoms with van der Waals surface area (Å²) in [7, 11) is 0. The normalized spacial score (nSPS) is 16.2. The molecule has 0 spiro atoms. The van der Waals surface area contributed by atoms with Crippen LogP contribution in [0.15, 0.2) is 48.5 Å². The first-order chi connectivity index (χ1) is 17.1. The first-order valence-electron chi connectivity index (χ1n) is 11.2. The molecule has 0 radical (unpaired) electrons. The smallest absolute Gasteiger partial charge is 0.291 e. The second-order valence-corrected chi connectivity index (χ2v) is 10.5. The number of benzene rings is 2. The second-order valence-electron chi connectivity index (χ2n) is 9.25. The van der Waals surface area contributed by atoms with Gasteiger partial charge in [0.1, 0.15) is 11.4 Å². The van der Waals surface area contributed by atoms with Crippen molar-refractivity contribution in [1.82, 2.24) is 25.5 Å². The van der Waals surface area contributed by atoms with E-state index in [2.05, 4.69) is 20.5 Å². The van der Waals surface area contributed by atoms with E-state index >= 15 is 0 Å². The highest BCUT2D eigenvalue weighted by atomic mass is 35.5. The quantitative estimate of drug-likeness (QED) is 0.295. The summed E-state index contributed by atoms with van der Waals surface area (Å²) in [5, 5.41) is 11.3. The molecule has 2 aromatic heterocycles. The van der Waals surface area contributed by atoms with Gasteiger partial charge in [-0.25, -0.2) is 9.97 Å². The van der Waals surface area contributed by atoms with Crippen LogP contribution < -0.4 is 10.1 Å². The third-order valence-electron chi connectivity index (χ3n) is 5.91. The van der Waals surface area contributed by atoms with Crippen LogP contribution in [-0.2, 0) is 0 Å². The molecule has 1 aliphatic heterocycles. The summed E-state index contributed by atoms with van der Waals surface area (Å²) in [4.78, 5) is 22.0. The first kappa shape index (κ1) is 24.6. The third kappa shape index (κ3) is 4.91. The Morgan fingerprint density at radius 1 is 1.03 bits per heavy atom. The van der Waals surface area contributed by atoms with Gasteiger partial charge in [-0.15, -0.1) is 5.10 Å². The number of carbonyl (C=O) groups is 1. The molecule has 0 saturated heterocycles. The zero-order valence-electron chi connectivity index (χ0n) is 19.7. The Morgan fingerprint density at radius 3 is 2.42 bits per heavy atom. The van der Waals surface area contributed by atoms with Crippen molar-refractivity contribution >= 4 is 40.7 Å². The maximum Gasteiger partial charge on any atom is 0.291 e. The van der Waals surface area contributed by atoms with Crippen molar-refractivity contribution in [2.45, 2.75) is 38.8 Å². The van der Waals surface area contributed by atoms with Crippen LogP contribution in [0, 0.1) is 6.92 Å². The molecule has 1 unspecified atom stereocenters. The van der Waals surface area contributed by atoms with Crippen LogP contribution in [0.5, 0.6) is 5.88 Å². The highest BCUT2D eigenvalue weighted by Crippen LogP contribution is 2.45. The van der Waals surface area contributed by atoms with Gasteiger partial charge in [0.25, 0.3) is 5.91 Å². The molecule has 1 atom stereocenters. The molecule has 1 aliphatic rings. The third-order valence-corrected chi connectivity index (χ3v) is 6.71. The summed E-state index contributed by atoms with van der Waals surface area (Å²) in [5.41, 5.74) is 3.19. The number of amides is 1. The van der Waals surface area contributed by atoms with Gasteiger partial charge in [-0.3, -0.25) is 9.89 Å². The zero-order chi connectivity index (χ0) is 25.6. The lowest BCUT2D eigenvalue weighted by atomic mass is 9.88. The van der Waals surface area contributed by atoms with Gasteiger partial charge in [-0.1, -0.05) is 46.9 Å². The highest BCUT2D eigenvalue weighted by molar-refractivity contribution is 6.36. The number of nitrogens with one attached hydrogen (secondary N) is 2. The first-order valence-corrected chi connectivity index (χ1v) is 12.4. The molecule has 0 fully saturated rings. The number of pyridine rings is 1. The van der Waals surface area contributed by atoms with Crippen LogP contribution >= 0.6 is 34.8 Å². The predicted molar refractivity (Wildman–Crippen MR) is 141 cm³/mol. The van der Waals surface area contributed by atoms with Crippen molar-refractivity contribution in [1.29, 1.82) is 0 Å². The van der Waals surface area contributed by atoms with E-state index in [4.69, 9.17) is 44.5 Å². The minimum absolute atomic E-state index is 0.0776. The van der Waals surface area contributed by atoms with E-state index in [1.165, 1.54) is 0 Å². The number of hydrogen-bond acceptors (Lipinski definition) is 5. The van der Waals surface area contributed by atoms with Gasteiger partial charge in [0.15, 0.2) is 0 Å². The molecule has 2 aromatic carbocycles. The molecular formula is C26H22Cl3N5O2. The fourth-order valence-corrected chi connectivity index (χ4v) is 4.90. The van der Waals surface area contributed by atoms with Crippen molar-refractivity contribution < 1.29 is 9.53 Å². The molecule has 10 heteroatoms. The average Bonchev–Trinajstić information content (AvgIpc) is 3.25. The van der Waals surface area contributed by atoms with Gasteiger partial charge >= 0.3 is 0 Å². The van der Waals surface area contributed by atoms with E-state index in [1.54, 1.807) is 19.1 Å². The van der Waals surface area contributed by atoms with E-state index < -0.39 is 5.60 Å².